The number of hydrogen-bond donors (Lipinski definition) is 1. The summed E-state index contributed by atoms with van der Waals surface area (Å²) in [6.45, 7) is 0.213. The van der Waals surface area contributed by atoms with Gasteiger partial charge in [-0.2, -0.15) is 0 Å². The zero-order chi connectivity index (χ0) is 13.1. The van der Waals surface area contributed by atoms with E-state index in [1.807, 2.05) is 0 Å². The molecular formula is C13H12FNO3. The Hall–Kier alpha value is -2.14. The molecule has 0 atom stereocenters. The van der Waals surface area contributed by atoms with Crippen LogP contribution in [0.4, 0.5) is 4.39 Å². The fourth-order valence-corrected chi connectivity index (χ4v) is 1.56. The first kappa shape index (κ1) is 12.3. The molecule has 0 unspecified atom stereocenters. The zero-order valence-electron chi connectivity index (χ0n) is 9.77. The number of hydrogen-bond acceptors (Lipinski definition) is 4. The maximum absolute atomic E-state index is 13.5. The first-order valence-corrected chi connectivity index (χ1v) is 5.32. The summed E-state index contributed by atoms with van der Waals surface area (Å²) in [6, 6.07) is 7.13. The van der Waals surface area contributed by atoms with Crippen molar-refractivity contribution in [3.8, 4) is 5.75 Å². The van der Waals surface area contributed by atoms with Gasteiger partial charge in [0.25, 0.3) is 0 Å². The molecule has 0 saturated carbocycles. The van der Waals surface area contributed by atoms with E-state index in [4.69, 9.17) is 14.9 Å². The molecule has 0 aliphatic carbocycles. The van der Waals surface area contributed by atoms with Gasteiger partial charge in [0.15, 0.2) is 17.3 Å². The van der Waals surface area contributed by atoms with E-state index in [9.17, 15) is 9.18 Å². The summed E-state index contributed by atoms with van der Waals surface area (Å²) in [6.07, 6.45) is 0. The van der Waals surface area contributed by atoms with Gasteiger partial charge in [-0.3, -0.25) is 4.79 Å². The van der Waals surface area contributed by atoms with E-state index in [1.54, 1.807) is 6.07 Å². The van der Waals surface area contributed by atoms with Crippen molar-refractivity contribution in [1.82, 2.24) is 0 Å². The van der Waals surface area contributed by atoms with E-state index in [-0.39, 0.29) is 23.6 Å². The second-order valence-electron chi connectivity index (χ2n) is 3.65. The van der Waals surface area contributed by atoms with Gasteiger partial charge in [0.1, 0.15) is 5.76 Å². The molecule has 1 heterocycles. The number of nitrogens with two attached hydrogens (primary N) is 1. The molecule has 0 saturated heterocycles. The van der Waals surface area contributed by atoms with Crippen LogP contribution >= 0.6 is 0 Å². The average Bonchev–Trinajstić information content (AvgIpc) is 2.86. The third-order valence-corrected chi connectivity index (χ3v) is 2.50. The number of carbonyl (C=O) groups excluding carboxylic acids is 1. The van der Waals surface area contributed by atoms with Crippen LogP contribution in [-0.4, -0.2) is 12.9 Å². The minimum atomic E-state index is -0.589. The van der Waals surface area contributed by atoms with Gasteiger partial charge in [-0.05, 0) is 30.3 Å². The Morgan fingerprint density at radius 2 is 2.17 bits per heavy atom. The largest absolute Gasteiger partial charge is 0.494 e. The molecule has 2 rings (SSSR count). The van der Waals surface area contributed by atoms with Gasteiger partial charge in [-0.25, -0.2) is 4.39 Å². The number of carbonyl (C=O) groups is 1. The highest BCUT2D eigenvalue weighted by molar-refractivity contribution is 6.07. The maximum Gasteiger partial charge on any atom is 0.228 e. The van der Waals surface area contributed by atoms with Gasteiger partial charge in [0.05, 0.1) is 13.7 Å². The standard InChI is InChI=1S/C13H12FNO3/c1-17-11-4-2-8(6-10(11)14)13(16)12-5-3-9(7-15)18-12/h2-6H,7,15H2,1H3. The van der Waals surface area contributed by atoms with Crippen LogP contribution in [0.5, 0.6) is 5.75 Å². The van der Waals surface area contributed by atoms with Crippen LogP contribution in [0.1, 0.15) is 21.9 Å². The molecule has 0 aliphatic heterocycles. The molecule has 1 aromatic heterocycles. The average molecular weight is 249 g/mol. The molecular weight excluding hydrogens is 237 g/mol. The van der Waals surface area contributed by atoms with E-state index in [0.717, 1.165) is 6.07 Å². The monoisotopic (exact) mass is 249 g/mol. The lowest BCUT2D eigenvalue weighted by Crippen LogP contribution is -2.01. The summed E-state index contributed by atoms with van der Waals surface area (Å²) in [5.74, 6) is -0.244. The minimum absolute atomic E-state index is 0.0913. The van der Waals surface area contributed by atoms with Crippen molar-refractivity contribution in [2.24, 2.45) is 5.73 Å². The van der Waals surface area contributed by atoms with E-state index in [1.165, 1.54) is 25.3 Å². The summed E-state index contributed by atoms with van der Waals surface area (Å²) in [7, 11) is 1.36. The molecule has 2 aromatic rings. The van der Waals surface area contributed by atoms with Crippen LogP contribution in [-0.2, 0) is 6.54 Å². The second-order valence-corrected chi connectivity index (χ2v) is 3.65. The number of benzene rings is 1. The van der Waals surface area contributed by atoms with Gasteiger partial charge < -0.3 is 14.9 Å². The lowest BCUT2D eigenvalue weighted by Gasteiger charge is -2.03. The van der Waals surface area contributed by atoms with Crippen LogP contribution in [0.2, 0.25) is 0 Å². The Bertz CT molecular complexity index is 577. The zero-order valence-corrected chi connectivity index (χ0v) is 9.77. The Morgan fingerprint density at radius 3 is 2.72 bits per heavy atom. The Kier molecular flexibility index (Phi) is 3.43. The molecule has 0 amide bonds. The van der Waals surface area contributed by atoms with Crippen LogP contribution < -0.4 is 10.5 Å². The minimum Gasteiger partial charge on any atom is -0.494 e. The fraction of sp³-hybridized carbons (Fsp3) is 0.154. The molecule has 1 aromatic carbocycles. The van der Waals surface area contributed by atoms with Crippen molar-refractivity contribution in [3.63, 3.8) is 0 Å². The Labute approximate surface area is 103 Å². The Morgan fingerprint density at radius 1 is 1.39 bits per heavy atom. The van der Waals surface area contributed by atoms with Crippen molar-refractivity contribution in [1.29, 1.82) is 0 Å². The molecule has 94 valence electrons. The van der Waals surface area contributed by atoms with Crippen LogP contribution in [0.25, 0.3) is 0 Å². The third kappa shape index (κ3) is 2.26. The smallest absolute Gasteiger partial charge is 0.228 e. The van der Waals surface area contributed by atoms with Gasteiger partial charge in [-0.15, -0.1) is 0 Å². The van der Waals surface area contributed by atoms with E-state index < -0.39 is 11.6 Å². The predicted molar refractivity (Wildman–Crippen MR) is 63.0 cm³/mol. The molecule has 4 nitrogen and oxygen atoms in total. The molecule has 2 N–H and O–H groups in total. The van der Waals surface area contributed by atoms with Crippen molar-refractivity contribution < 1.29 is 18.3 Å². The number of furan rings is 1. The fourth-order valence-electron chi connectivity index (χ4n) is 1.56. The molecule has 0 bridgehead atoms. The molecule has 5 heteroatoms. The maximum atomic E-state index is 13.5. The van der Waals surface area contributed by atoms with Gasteiger partial charge in [0.2, 0.25) is 5.78 Å². The van der Waals surface area contributed by atoms with Crippen molar-refractivity contribution in [2.45, 2.75) is 6.54 Å². The number of methoxy groups -OCH3 is 1. The van der Waals surface area contributed by atoms with Crippen molar-refractivity contribution in [3.05, 3.63) is 53.2 Å². The van der Waals surface area contributed by atoms with Crippen LogP contribution in [0.15, 0.2) is 34.7 Å². The normalized spacial score (nSPS) is 10.4. The lowest BCUT2D eigenvalue weighted by molar-refractivity contribution is 0.101. The molecule has 18 heavy (non-hydrogen) atoms. The SMILES string of the molecule is COc1ccc(C(=O)c2ccc(CN)o2)cc1F. The molecule has 0 spiro atoms. The number of rotatable bonds is 4. The van der Waals surface area contributed by atoms with Gasteiger partial charge in [0, 0.05) is 5.56 Å². The first-order chi connectivity index (χ1) is 8.65. The molecule has 0 aliphatic rings. The molecule has 0 radical (unpaired) electrons. The van der Waals surface area contributed by atoms with Crippen molar-refractivity contribution in [2.75, 3.05) is 7.11 Å². The molecule has 0 fully saturated rings. The number of ether oxygens (including phenoxy) is 1. The number of ketones is 1. The summed E-state index contributed by atoms with van der Waals surface area (Å²) < 4.78 is 23.5. The predicted octanol–water partition coefficient (Wildman–Crippen LogP) is 2.12. The van der Waals surface area contributed by atoms with E-state index >= 15 is 0 Å². The lowest BCUT2D eigenvalue weighted by atomic mass is 10.1. The summed E-state index contributed by atoms with van der Waals surface area (Å²) in [4.78, 5) is 12.0. The van der Waals surface area contributed by atoms with Crippen LogP contribution in [0.3, 0.4) is 0 Å². The summed E-state index contributed by atoms with van der Waals surface area (Å²) >= 11 is 0. The van der Waals surface area contributed by atoms with E-state index in [2.05, 4.69) is 0 Å². The quantitative estimate of drug-likeness (QED) is 0.843. The first-order valence-electron chi connectivity index (χ1n) is 5.32. The topological polar surface area (TPSA) is 65.5 Å². The van der Waals surface area contributed by atoms with Crippen LogP contribution in [0, 0.1) is 5.82 Å². The Balaban J connectivity index is 2.31. The second kappa shape index (κ2) is 5.01. The number of halogens is 1. The summed E-state index contributed by atoms with van der Waals surface area (Å²) in [5.41, 5.74) is 5.58. The highest BCUT2D eigenvalue weighted by Gasteiger charge is 2.15. The highest BCUT2D eigenvalue weighted by atomic mass is 19.1. The highest BCUT2D eigenvalue weighted by Crippen LogP contribution is 2.20. The van der Waals surface area contributed by atoms with Gasteiger partial charge in [-0.1, -0.05) is 0 Å². The van der Waals surface area contributed by atoms with Gasteiger partial charge >= 0.3 is 0 Å². The third-order valence-electron chi connectivity index (χ3n) is 2.50. The van der Waals surface area contributed by atoms with E-state index in [0.29, 0.717) is 5.76 Å². The summed E-state index contributed by atoms with van der Waals surface area (Å²) in [5, 5.41) is 0. The van der Waals surface area contributed by atoms with Crippen molar-refractivity contribution >= 4 is 5.78 Å².